The third-order valence-electron chi connectivity index (χ3n) is 10.4. The molecule has 0 spiro atoms. The summed E-state index contributed by atoms with van der Waals surface area (Å²) in [4.78, 5) is 31.9. The largest absolute Gasteiger partial charge is 0.381 e. The van der Waals surface area contributed by atoms with Crippen molar-refractivity contribution in [3.8, 4) is 11.4 Å². The number of fused-ring (bicyclic) bond motifs is 4. The van der Waals surface area contributed by atoms with Gasteiger partial charge >= 0.3 is 0 Å². The number of pyridine rings is 2. The molecule has 1 unspecified atom stereocenters. The molecule has 1 atom stereocenters. The van der Waals surface area contributed by atoms with Gasteiger partial charge < -0.3 is 35.2 Å². The molecule has 47 heavy (non-hydrogen) atoms. The molecule has 4 N–H and O–H groups in total. The van der Waals surface area contributed by atoms with Crippen molar-refractivity contribution < 1.29 is 19.0 Å². The number of likely N-dealkylation sites (tertiary alicyclic amines) is 1. The summed E-state index contributed by atoms with van der Waals surface area (Å²) in [6.45, 7) is 13.4. The highest BCUT2D eigenvalue weighted by Gasteiger charge is 2.31. The number of halogens is 1. The molecule has 2 saturated heterocycles. The van der Waals surface area contributed by atoms with Crippen LogP contribution in [0.4, 0.5) is 4.39 Å². The molecule has 4 aliphatic rings. The summed E-state index contributed by atoms with van der Waals surface area (Å²) in [6.07, 6.45) is 6.92. The molecule has 5 heterocycles. The predicted molar refractivity (Wildman–Crippen MR) is 184 cm³/mol. The van der Waals surface area contributed by atoms with E-state index in [0.29, 0.717) is 35.3 Å². The molecule has 7 rings (SSSR count). The van der Waals surface area contributed by atoms with Crippen LogP contribution in [0.25, 0.3) is 22.3 Å². The number of nitrogens with one attached hydrogen (secondary N) is 1. The zero-order valence-electron chi connectivity index (χ0n) is 28.5. The van der Waals surface area contributed by atoms with E-state index in [1.165, 1.54) is 71.6 Å². The van der Waals surface area contributed by atoms with Crippen LogP contribution in [0.5, 0.6) is 0 Å². The van der Waals surface area contributed by atoms with Gasteiger partial charge in [0.15, 0.2) is 6.29 Å². The lowest BCUT2D eigenvalue weighted by Crippen LogP contribution is -2.41. The molecule has 9 nitrogen and oxygen atoms in total. The summed E-state index contributed by atoms with van der Waals surface area (Å²) in [5.41, 5.74) is 11.4. The van der Waals surface area contributed by atoms with E-state index in [4.69, 9.17) is 15.5 Å². The highest BCUT2D eigenvalue weighted by Crippen LogP contribution is 2.41. The van der Waals surface area contributed by atoms with E-state index >= 15 is 0 Å². The number of nitrogens with two attached hydrogens (primary N) is 1. The second-order valence-electron chi connectivity index (χ2n) is 13.2. The van der Waals surface area contributed by atoms with Gasteiger partial charge in [0.25, 0.3) is 5.56 Å². The number of carbonyl (C=O) groups excluding carboxylic acids is 1. The fourth-order valence-corrected chi connectivity index (χ4v) is 7.79. The molecule has 0 bridgehead atoms. The minimum absolute atomic E-state index is 0.00743. The minimum atomic E-state index is -1.43. The molecule has 10 heteroatoms. The second-order valence-corrected chi connectivity index (χ2v) is 13.2. The number of rotatable bonds is 7. The second kappa shape index (κ2) is 15.9. The first-order chi connectivity index (χ1) is 22.8. The summed E-state index contributed by atoms with van der Waals surface area (Å²) in [7, 11) is 1.46. The average molecular weight is 650 g/mol. The smallest absolute Gasteiger partial charge is 0.257 e. The highest BCUT2D eigenvalue weighted by molar-refractivity contribution is 5.92. The Labute approximate surface area is 277 Å². The van der Waals surface area contributed by atoms with E-state index in [0.717, 1.165) is 59.7 Å². The number of methoxy groups -OCH3 is 1. The third kappa shape index (κ3) is 7.22. The number of carbonyl (C=O) groups is 1. The fourth-order valence-electron chi connectivity index (χ4n) is 7.79. The number of aliphatic hydroxyl groups is 1. The van der Waals surface area contributed by atoms with Crippen molar-refractivity contribution in [3.63, 3.8) is 0 Å². The van der Waals surface area contributed by atoms with Crippen LogP contribution in [-0.2, 0) is 35.5 Å². The average Bonchev–Trinajstić information content (AvgIpc) is 3.49. The van der Waals surface area contributed by atoms with E-state index < -0.39 is 6.10 Å². The lowest BCUT2D eigenvalue weighted by atomic mass is 9.85. The van der Waals surface area contributed by atoms with Crippen LogP contribution >= 0.6 is 0 Å². The van der Waals surface area contributed by atoms with Crippen molar-refractivity contribution in [2.24, 2.45) is 17.6 Å². The molecule has 0 amide bonds. The third-order valence-corrected chi connectivity index (χ3v) is 10.4. The van der Waals surface area contributed by atoms with E-state index in [1.54, 1.807) is 17.6 Å². The topological polar surface area (TPSA) is 123 Å². The molecule has 0 radical (unpaired) electrons. The Morgan fingerprint density at radius 3 is 2.47 bits per heavy atom. The van der Waals surface area contributed by atoms with E-state index in [2.05, 4.69) is 10.2 Å². The zero-order chi connectivity index (χ0) is 33.7. The first kappa shape index (κ1) is 35.3. The van der Waals surface area contributed by atoms with E-state index in [1.807, 2.05) is 13.8 Å². The Kier molecular flexibility index (Phi) is 12.0. The van der Waals surface area contributed by atoms with Gasteiger partial charge in [0.1, 0.15) is 11.9 Å². The number of piperidine rings is 2. The van der Waals surface area contributed by atoms with Crippen LogP contribution in [-0.4, -0.2) is 72.2 Å². The Hall–Kier alpha value is -3.02. The normalized spacial score (nSPS) is 18.4. The van der Waals surface area contributed by atoms with Crippen molar-refractivity contribution in [1.82, 2.24) is 19.8 Å². The molecular formula is C37H52FN5O4. The van der Waals surface area contributed by atoms with Gasteiger partial charge in [-0.2, -0.15) is 0 Å². The van der Waals surface area contributed by atoms with Crippen molar-refractivity contribution >= 4 is 17.2 Å². The Bertz CT molecular complexity index is 1630. The lowest BCUT2D eigenvalue weighted by molar-refractivity contribution is -0.115. The number of aromatic nitrogens is 2. The van der Waals surface area contributed by atoms with Crippen LogP contribution in [0.1, 0.15) is 85.4 Å². The van der Waals surface area contributed by atoms with Crippen LogP contribution in [0.2, 0.25) is 0 Å². The Morgan fingerprint density at radius 2 is 1.81 bits per heavy atom. The van der Waals surface area contributed by atoms with Crippen molar-refractivity contribution in [2.45, 2.75) is 85.0 Å². The van der Waals surface area contributed by atoms with Crippen LogP contribution < -0.4 is 16.6 Å². The van der Waals surface area contributed by atoms with Gasteiger partial charge in [-0.25, -0.2) is 9.37 Å². The summed E-state index contributed by atoms with van der Waals surface area (Å²) in [5.74, 6) is 1.47. The van der Waals surface area contributed by atoms with Crippen LogP contribution in [0, 0.1) is 24.6 Å². The van der Waals surface area contributed by atoms with Gasteiger partial charge in [0.2, 0.25) is 0 Å². The number of aldehydes is 1. The highest BCUT2D eigenvalue weighted by atomic mass is 19.1. The van der Waals surface area contributed by atoms with E-state index in [9.17, 15) is 19.1 Å². The lowest BCUT2D eigenvalue weighted by Gasteiger charge is -2.35. The summed E-state index contributed by atoms with van der Waals surface area (Å²) >= 11 is 0. The van der Waals surface area contributed by atoms with Gasteiger partial charge in [-0.3, -0.25) is 4.79 Å². The Morgan fingerprint density at radius 1 is 1.11 bits per heavy atom. The van der Waals surface area contributed by atoms with E-state index in [-0.39, 0.29) is 29.1 Å². The molecule has 3 aliphatic heterocycles. The number of aryl methyl sites for hydroxylation is 2. The van der Waals surface area contributed by atoms with Gasteiger partial charge in [0.05, 0.1) is 30.1 Å². The summed E-state index contributed by atoms with van der Waals surface area (Å²) < 4.78 is 21.3. The van der Waals surface area contributed by atoms with Crippen molar-refractivity contribution in [2.75, 3.05) is 46.4 Å². The summed E-state index contributed by atoms with van der Waals surface area (Å²) in [6, 6.07) is 3.10. The monoisotopic (exact) mass is 649 g/mol. The van der Waals surface area contributed by atoms with Gasteiger partial charge in [0, 0.05) is 41.8 Å². The maximum atomic E-state index is 14.5. The molecule has 1 aromatic carbocycles. The minimum Gasteiger partial charge on any atom is -0.381 e. The van der Waals surface area contributed by atoms with Crippen LogP contribution in [0.3, 0.4) is 0 Å². The predicted octanol–water partition coefficient (Wildman–Crippen LogP) is 4.42. The first-order valence-corrected chi connectivity index (χ1v) is 17.5. The quantitative estimate of drug-likeness (QED) is 0.252. The number of ether oxygens (including phenoxy) is 1. The van der Waals surface area contributed by atoms with Crippen molar-refractivity contribution in [3.05, 3.63) is 61.7 Å². The SMILES string of the molecule is CC.COCc1c(C(O)C=O)cc2n(c1=O)Cc1c-2nc2cc(F)c(C)c3c2c1CCC3.NCC1CCN(CC2CCNCC2)CC1. The number of hydrogen-bond acceptors (Lipinski definition) is 8. The Balaban J connectivity index is 0.000000214. The molecule has 3 aromatic rings. The van der Waals surface area contributed by atoms with Gasteiger partial charge in [-0.1, -0.05) is 13.8 Å². The standard InChI is InChI=1S/C23H21FN2O4.C12H25N3.C2H6/c1-11-12-4-3-5-13-15-8-26-19(22(15)25-18(21(12)13)7-17(11)24)6-14(20(28)9-27)16(10-30-2)23(26)29;13-9-11-3-7-15(8-4-11)10-12-1-5-14-6-2-12;1-2/h6-7,9,20,28H,3-5,8,10H2,1-2H3;11-12,14H,1-10,13H2;1-2H3. The number of nitrogens with zero attached hydrogens (tertiary/aromatic N) is 3. The zero-order valence-corrected chi connectivity index (χ0v) is 28.5. The van der Waals surface area contributed by atoms with Gasteiger partial charge in [-0.15, -0.1) is 0 Å². The van der Waals surface area contributed by atoms with Crippen molar-refractivity contribution in [1.29, 1.82) is 0 Å². The number of hydrogen-bond donors (Lipinski definition) is 3. The number of aliphatic hydroxyl groups excluding tert-OH is 1. The molecule has 0 saturated carbocycles. The molecule has 1 aliphatic carbocycles. The fraction of sp³-hybridized carbons (Fsp3) is 0.595. The van der Waals surface area contributed by atoms with Crippen LogP contribution in [0.15, 0.2) is 16.9 Å². The molecule has 2 fully saturated rings. The molecule has 2 aromatic heterocycles. The summed E-state index contributed by atoms with van der Waals surface area (Å²) in [5, 5.41) is 14.6. The maximum Gasteiger partial charge on any atom is 0.257 e. The maximum absolute atomic E-state index is 14.5. The molecular weight excluding hydrogens is 597 g/mol. The first-order valence-electron chi connectivity index (χ1n) is 17.5. The molecule has 256 valence electrons. The number of benzene rings is 1. The van der Waals surface area contributed by atoms with Gasteiger partial charge in [-0.05, 0) is 119 Å².